The van der Waals surface area contributed by atoms with Gasteiger partial charge < -0.3 is 5.73 Å². The van der Waals surface area contributed by atoms with Crippen LogP contribution in [0, 0.1) is 5.92 Å². The van der Waals surface area contributed by atoms with Crippen LogP contribution in [0.1, 0.15) is 31.9 Å². The summed E-state index contributed by atoms with van der Waals surface area (Å²) >= 11 is 1.72. The molecule has 1 aromatic heterocycles. The summed E-state index contributed by atoms with van der Waals surface area (Å²) in [6.07, 6.45) is 1.15. The summed E-state index contributed by atoms with van der Waals surface area (Å²) in [4.78, 5) is 0. The second kappa shape index (κ2) is 5.57. The van der Waals surface area contributed by atoms with Crippen LogP contribution >= 0.6 is 23.7 Å². The third kappa shape index (κ3) is 2.77. The highest BCUT2D eigenvalue weighted by Gasteiger charge is 2.12. The lowest BCUT2D eigenvalue weighted by Gasteiger charge is -2.16. The number of hydrogen-bond acceptors (Lipinski definition) is 2. The van der Waals surface area contributed by atoms with Crippen molar-refractivity contribution >= 4 is 23.7 Å². The zero-order chi connectivity index (χ0) is 8.27. The molecule has 0 bridgehead atoms. The molecular formula is C9H16ClNS. The Morgan fingerprint density at radius 1 is 1.58 bits per heavy atom. The van der Waals surface area contributed by atoms with Gasteiger partial charge in [-0.3, -0.25) is 0 Å². The fraction of sp³-hybridized carbons (Fsp3) is 0.556. The molecule has 0 aliphatic carbocycles. The Kier molecular flexibility index (Phi) is 5.55. The Morgan fingerprint density at radius 3 is 2.67 bits per heavy atom. The Balaban J connectivity index is 0.00000121. The fourth-order valence-corrected chi connectivity index (χ4v) is 1.75. The summed E-state index contributed by atoms with van der Waals surface area (Å²) in [6.45, 7) is 4.37. The number of nitrogens with two attached hydrogens (primary N) is 1. The van der Waals surface area contributed by atoms with E-state index in [2.05, 4.69) is 30.7 Å². The Bertz CT molecular complexity index is 198. The van der Waals surface area contributed by atoms with Crippen molar-refractivity contribution in [3.05, 3.63) is 22.4 Å². The molecule has 0 aliphatic heterocycles. The molecule has 3 heteroatoms. The summed E-state index contributed by atoms with van der Waals surface area (Å²) in [6, 6.07) is 2.34. The highest BCUT2D eigenvalue weighted by molar-refractivity contribution is 7.07. The molecule has 1 heterocycles. The van der Waals surface area contributed by atoms with Crippen molar-refractivity contribution in [3.63, 3.8) is 0 Å². The average molecular weight is 206 g/mol. The predicted octanol–water partition coefficient (Wildman–Crippen LogP) is 3.22. The van der Waals surface area contributed by atoms with E-state index in [9.17, 15) is 0 Å². The van der Waals surface area contributed by atoms with E-state index in [1.807, 2.05) is 0 Å². The molecule has 1 unspecified atom stereocenters. The molecule has 0 radical (unpaired) electrons. The van der Waals surface area contributed by atoms with Crippen LogP contribution < -0.4 is 5.73 Å². The first-order chi connectivity index (χ1) is 5.25. The van der Waals surface area contributed by atoms with Gasteiger partial charge in [-0.15, -0.1) is 12.4 Å². The van der Waals surface area contributed by atoms with E-state index in [0.29, 0.717) is 5.92 Å². The third-order valence-electron chi connectivity index (χ3n) is 2.19. The van der Waals surface area contributed by atoms with Crippen molar-refractivity contribution in [3.8, 4) is 0 Å². The lowest BCUT2D eigenvalue weighted by Crippen LogP contribution is -2.17. The van der Waals surface area contributed by atoms with E-state index in [1.165, 1.54) is 5.56 Å². The van der Waals surface area contributed by atoms with Crippen LogP contribution in [0.2, 0.25) is 0 Å². The predicted molar refractivity (Wildman–Crippen MR) is 58.0 cm³/mol. The maximum absolute atomic E-state index is 6.00. The molecule has 0 aliphatic rings. The first-order valence-electron chi connectivity index (χ1n) is 4.03. The summed E-state index contributed by atoms with van der Waals surface area (Å²) < 4.78 is 0. The third-order valence-corrected chi connectivity index (χ3v) is 2.89. The Labute approximate surface area is 84.4 Å². The minimum atomic E-state index is 0. The molecule has 0 spiro atoms. The van der Waals surface area contributed by atoms with Gasteiger partial charge in [-0.1, -0.05) is 20.3 Å². The van der Waals surface area contributed by atoms with Crippen molar-refractivity contribution in [2.45, 2.75) is 26.3 Å². The Morgan fingerprint density at radius 2 is 2.25 bits per heavy atom. The van der Waals surface area contributed by atoms with Gasteiger partial charge in [-0.2, -0.15) is 11.3 Å². The molecule has 12 heavy (non-hydrogen) atoms. The number of halogens is 1. The second-order valence-corrected chi connectivity index (χ2v) is 3.75. The van der Waals surface area contributed by atoms with Gasteiger partial charge in [0.15, 0.2) is 0 Å². The largest absolute Gasteiger partial charge is 0.324 e. The molecule has 2 atom stereocenters. The van der Waals surface area contributed by atoms with Crippen LogP contribution in [-0.4, -0.2) is 0 Å². The van der Waals surface area contributed by atoms with Crippen molar-refractivity contribution in [2.75, 3.05) is 0 Å². The van der Waals surface area contributed by atoms with E-state index in [4.69, 9.17) is 5.73 Å². The van der Waals surface area contributed by atoms with Crippen LogP contribution in [0.4, 0.5) is 0 Å². The summed E-state index contributed by atoms with van der Waals surface area (Å²) in [5.41, 5.74) is 7.28. The van der Waals surface area contributed by atoms with Gasteiger partial charge in [0.1, 0.15) is 0 Å². The molecular weight excluding hydrogens is 190 g/mol. The molecule has 0 saturated carbocycles. The molecule has 0 amide bonds. The highest BCUT2D eigenvalue weighted by Crippen LogP contribution is 2.23. The zero-order valence-corrected chi connectivity index (χ0v) is 9.12. The van der Waals surface area contributed by atoms with Gasteiger partial charge >= 0.3 is 0 Å². The van der Waals surface area contributed by atoms with Gasteiger partial charge in [-0.25, -0.2) is 0 Å². The van der Waals surface area contributed by atoms with Crippen LogP contribution in [-0.2, 0) is 0 Å². The first-order valence-corrected chi connectivity index (χ1v) is 4.97. The standard InChI is InChI=1S/C9H15NS.ClH/c1-3-7(2)9(10)8-4-5-11-6-8;/h4-7,9H,3,10H2,1-2H3;1H/t7?,9-;/m1./s1. The minimum absolute atomic E-state index is 0. The van der Waals surface area contributed by atoms with E-state index in [1.54, 1.807) is 11.3 Å². The van der Waals surface area contributed by atoms with Gasteiger partial charge in [0.25, 0.3) is 0 Å². The maximum atomic E-state index is 6.00. The molecule has 0 aromatic carbocycles. The van der Waals surface area contributed by atoms with E-state index in [-0.39, 0.29) is 18.4 Å². The van der Waals surface area contributed by atoms with Crippen molar-refractivity contribution in [1.82, 2.24) is 0 Å². The van der Waals surface area contributed by atoms with Gasteiger partial charge in [0, 0.05) is 6.04 Å². The molecule has 70 valence electrons. The topological polar surface area (TPSA) is 26.0 Å². The van der Waals surface area contributed by atoms with Crippen LogP contribution in [0.5, 0.6) is 0 Å². The van der Waals surface area contributed by atoms with Gasteiger partial charge in [0.05, 0.1) is 0 Å². The number of hydrogen-bond donors (Lipinski definition) is 1. The Hall–Kier alpha value is -0.0500. The monoisotopic (exact) mass is 205 g/mol. The molecule has 1 nitrogen and oxygen atoms in total. The van der Waals surface area contributed by atoms with Crippen LogP contribution in [0.25, 0.3) is 0 Å². The fourth-order valence-electron chi connectivity index (χ4n) is 1.05. The summed E-state index contributed by atoms with van der Waals surface area (Å²) in [7, 11) is 0. The van der Waals surface area contributed by atoms with Crippen molar-refractivity contribution in [1.29, 1.82) is 0 Å². The molecule has 0 fully saturated rings. The first kappa shape index (κ1) is 11.9. The summed E-state index contributed by atoms with van der Waals surface area (Å²) in [5.74, 6) is 0.588. The second-order valence-electron chi connectivity index (χ2n) is 2.97. The van der Waals surface area contributed by atoms with E-state index in [0.717, 1.165) is 6.42 Å². The van der Waals surface area contributed by atoms with Gasteiger partial charge in [0.2, 0.25) is 0 Å². The normalized spacial score (nSPS) is 14.9. The van der Waals surface area contributed by atoms with E-state index < -0.39 is 0 Å². The SMILES string of the molecule is CCC(C)[C@@H](N)c1ccsc1.Cl. The molecule has 1 aromatic rings. The quantitative estimate of drug-likeness (QED) is 0.806. The molecule has 0 saturated heterocycles. The lowest BCUT2D eigenvalue weighted by molar-refractivity contribution is 0.458. The molecule has 1 rings (SSSR count). The maximum Gasteiger partial charge on any atom is 0.0329 e. The van der Waals surface area contributed by atoms with Gasteiger partial charge in [-0.05, 0) is 28.3 Å². The smallest absolute Gasteiger partial charge is 0.0329 e. The van der Waals surface area contributed by atoms with Crippen LogP contribution in [0.15, 0.2) is 16.8 Å². The lowest BCUT2D eigenvalue weighted by atomic mass is 9.95. The van der Waals surface area contributed by atoms with E-state index >= 15 is 0 Å². The van der Waals surface area contributed by atoms with Crippen molar-refractivity contribution in [2.24, 2.45) is 11.7 Å². The zero-order valence-electron chi connectivity index (χ0n) is 7.49. The average Bonchev–Trinajstić information content (AvgIpc) is 2.53. The highest BCUT2D eigenvalue weighted by atomic mass is 35.5. The summed E-state index contributed by atoms with van der Waals surface area (Å²) in [5, 5.41) is 4.22. The van der Waals surface area contributed by atoms with Crippen molar-refractivity contribution < 1.29 is 0 Å². The molecule has 2 N–H and O–H groups in total. The van der Waals surface area contributed by atoms with Crippen LogP contribution in [0.3, 0.4) is 0 Å². The number of thiophene rings is 1. The minimum Gasteiger partial charge on any atom is -0.324 e. The number of rotatable bonds is 3.